The maximum atomic E-state index is 11.6. The monoisotopic (exact) mass is 286 g/mol. The second kappa shape index (κ2) is 8.17. The molecule has 0 atom stereocenters. The maximum absolute atomic E-state index is 11.6. The van der Waals surface area contributed by atoms with E-state index in [-0.39, 0.29) is 0 Å². The summed E-state index contributed by atoms with van der Waals surface area (Å²) in [6.07, 6.45) is 3.19. The number of carbonyl (C=O) groups is 1. The van der Waals surface area contributed by atoms with Crippen LogP contribution in [0.2, 0.25) is 0 Å². The van der Waals surface area contributed by atoms with Crippen LogP contribution in [0.15, 0.2) is 36.4 Å². The first-order valence-corrected chi connectivity index (χ1v) is 6.74. The zero-order chi connectivity index (χ0) is 13.4. The number of alkyl halides is 2. The maximum Gasteiger partial charge on any atom is 0.331 e. The quantitative estimate of drug-likeness (QED) is 0.339. The average molecular weight is 287 g/mol. The third-order valence-electron chi connectivity index (χ3n) is 2.36. The van der Waals surface area contributed by atoms with Gasteiger partial charge >= 0.3 is 5.97 Å². The van der Waals surface area contributed by atoms with Crippen LogP contribution in [0.1, 0.15) is 25.3 Å². The second-order valence-electron chi connectivity index (χ2n) is 3.79. The second-order valence-corrected chi connectivity index (χ2v) is 4.88. The Morgan fingerprint density at radius 2 is 2.00 bits per heavy atom. The lowest BCUT2D eigenvalue weighted by molar-refractivity contribution is -0.137. The van der Waals surface area contributed by atoms with Gasteiger partial charge in [0.25, 0.3) is 0 Å². The van der Waals surface area contributed by atoms with Gasteiger partial charge in [0.05, 0.1) is 6.61 Å². The Balaban J connectivity index is 2.76. The molecule has 0 spiro atoms. The van der Waals surface area contributed by atoms with Crippen molar-refractivity contribution in [2.24, 2.45) is 0 Å². The summed E-state index contributed by atoms with van der Waals surface area (Å²) in [7, 11) is 0. The molecule has 18 heavy (non-hydrogen) atoms. The van der Waals surface area contributed by atoms with Crippen LogP contribution in [-0.2, 0) is 9.53 Å². The van der Waals surface area contributed by atoms with Crippen molar-refractivity contribution in [3.8, 4) is 0 Å². The summed E-state index contributed by atoms with van der Waals surface area (Å²) in [5.41, 5.74) is 1.38. The van der Waals surface area contributed by atoms with Gasteiger partial charge in [0, 0.05) is 6.08 Å². The minimum absolute atomic E-state index is 0.409. The van der Waals surface area contributed by atoms with E-state index in [1.807, 2.05) is 37.3 Å². The Morgan fingerprint density at radius 1 is 1.33 bits per heavy atom. The molecule has 0 aliphatic rings. The van der Waals surface area contributed by atoms with Crippen molar-refractivity contribution in [2.45, 2.75) is 24.6 Å². The largest absolute Gasteiger partial charge is 0.463 e. The number of hydrogen-bond acceptors (Lipinski definition) is 2. The van der Waals surface area contributed by atoms with Crippen LogP contribution in [0.5, 0.6) is 0 Å². The van der Waals surface area contributed by atoms with Gasteiger partial charge in [0.2, 0.25) is 0 Å². The normalized spacial score (nSPS) is 11.7. The number of unbranched alkanes of at least 4 members (excludes halogenated alkanes) is 1. The SMILES string of the molecule is CCCCOC(=O)/C=C(/c1ccccc1)C(Cl)Cl. The van der Waals surface area contributed by atoms with Gasteiger partial charge in [0.15, 0.2) is 0 Å². The van der Waals surface area contributed by atoms with Gasteiger partial charge in [-0.1, -0.05) is 43.7 Å². The summed E-state index contributed by atoms with van der Waals surface area (Å²) < 4.78 is 5.05. The predicted molar refractivity (Wildman–Crippen MR) is 75.8 cm³/mol. The fourth-order valence-electron chi connectivity index (χ4n) is 1.39. The van der Waals surface area contributed by atoms with Crippen molar-refractivity contribution in [1.82, 2.24) is 0 Å². The van der Waals surface area contributed by atoms with Gasteiger partial charge in [-0.15, -0.1) is 23.2 Å². The fourth-order valence-corrected chi connectivity index (χ4v) is 1.77. The van der Waals surface area contributed by atoms with Gasteiger partial charge in [-0.05, 0) is 17.6 Å². The van der Waals surface area contributed by atoms with E-state index in [2.05, 4.69) is 0 Å². The summed E-state index contributed by atoms with van der Waals surface area (Å²) in [5.74, 6) is -0.409. The molecule has 0 unspecified atom stereocenters. The van der Waals surface area contributed by atoms with Gasteiger partial charge < -0.3 is 4.74 Å². The Bertz CT molecular complexity index is 400. The summed E-state index contributed by atoms with van der Waals surface area (Å²) in [6, 6.07) is 9.31. The number of ether oxygens (including phenoxy) is 1. The van der Waals surface area contributed by atoms with Crippen LogP contribution in [0.4, 0.5) is 0 Å². The number of carbonyl (C=O) groups excluding carboxylic acids is 1. The molecule has 0 aliphatic heterocycles. The smallest absolute Gasteiger partial charge is 0.331 e. The minimum atomic E-state index is -0.758. The zero-order valence-electron chi connectivity index (χ0n) is 10.2. The Hall–Kier alpha value is -0.990. The molecule has 4 heteroatoms. The molecule has 0 fully saturated rings. The highest BCUT2D eigenvalue weighted by Gasteiger charge is 2.12. The molecule has 0 heterocycles. The van der Waals surface area contributed by atoms with E-state index in [1.54, 1.807) is 0 Å². The first-order valence-electron chi connectivity index (χ1n) is 5.87. The van der Waals surface area contributed by atoms with Gasteiger partial charge in [-0.2, -0.15) is 0 Å². The average Bonchev–Trinajstić information content (AvgIpc) is 2.37. The van der Waals surface area contributed by atoms with Crippen molar-refractivity contribution in [3.05, 3.63) is 42.0 Å². The van der Waals surface area contributed by atoms with E-state index >= 15 is 0 Å². The molecule has 0 radical (unpaired) electrons. The Morgan fingerprint density at radius 3 is 2.56 bits per heavy atom. The first-order chi connectivity index (χ1) is 8.65. The molecule has 0 bridgehead atoms. The highest BCUT2D eigenvalue weighted by Crippen LogP contribution is 2.25. The van der Waals surface area contributed by atoms with Crippen molar-refractivity contribution in [3.63, 3.8) is 0 Å². The lowest BCUT2D eigenvalue weighted by Gasteiger charge is -2.08. The molecule has 0 aliphatic carbocycles. The van der Waals surface area contributed by atoms with Gasteiger partial charge in [-0.25, -0.2) is 4.79 Å². The highest BCUT2D eigenvalue weighted by molar-refractivity contribution is 6.50. The van der Waals surface area contributed by atoms with Crippen molar-refractivity contribution in [1.29, 1.82) is 0 Å². The summed E-state index contributed by atoms with van der Waals surface area (Å²) in [5, 5.41) is 0. The van der Waals surface area contributed by atoms with E-state index in [4.69, 9.17) is 27.9 Å². The Kier molecular flexibility index (Phi) is 6.84. The van der Waals surface area contributed by atoms with Crippen LogP contribution < -0.4 is 0 Å². The fraction of sp³-hybridized carbons (Fsp3) is 0.357. The zero-order valence-corrected chi connectivity index (χ0v) is 11.7. The number of esters is 1. The van der Waals surface area contributed by atoms with E-state index in [9.17, 15) is 4.79 Å². The third kappa shape index (κ3) is 5.11. The number of hydrogen-bond donors (Lipinski definition) is 0. The standard InChI is InChI=1S/C14H16Cl2O2/c1-2-3-9-18-13(17)10-12(14(15)16)11-7-5-4-6-8-11/h4-8,10,14H,2-3,9H2,1H3/b12-10-. The number of halogens is 2. The van der Waals surface area contributed by atoms with Crippen LogP contribution in [0.25, 0.3) is 5.57 Å². The third-order valence-corrected chi connectivity index (χ3v) is 2.83. The van der Waals surface area contributed by atoms with Gasteiger partial charge in [-0.3, -0.25) is 0 Å². The molecular weight excluding hydrogens is 271 g/mol. The number of allylic oxidation sites excluding steroid dienone is 1. The lowest BCUT2D eigenvalue weighted by atomic mass is 10.1. The minimum Gasteiger partial charge on any atom is -0.463 e. The van der Waals surface area contributed by atoms with E-state index in [0.717, 1.165) is 18.4 Å². The molecular formula is C14H16Cl2O2. The summed E-state index contributed by atoms with van der Waals surface area (Å²) in [6.45, 7) is 2.45. The van der Waals surface area contributed by atoms with E-state index in [0.29, 0.717) is 12.2 Å². The molecule has 0 N–H and O–H groups in total. The molecule has 0 amide bonds. The first kappa shape index (κ1) is 15.1. The van der Waals surface area contributed by atoms with E-state index < -0.39 is 10.8 Å². The molecule has 1 rings (SSSR count). The van der Waals surface area contributed by atoms with Crippen molar-refractivity contribution >= 4 is 34.7 Å². The molecule has 98 valence electrons. The van der Waals surface area contributed by atoms with Crippen molar-refractivity contribution in [2.75, 3.05) is 6.61 Å². The van der Waals surface area contributed by atoms with Crippen molar-refractivity contribution < 1.29 is 9.53 Å². The molecule has 0 aromatic heterocycles. The topological polar surface area (TPSA) is 26.3 Å². The number of rotatable bonds is 6. The molecule has 1 aromatic carbocycles. The Labute approximate surface area is 118 Å². The molecule has 0 saturated heterocycles. The molecule has 0 saturated carbocycles. The van der Waals surface area contributed by atoms with E-state index in [1.165, 1.54) is 6.08 Å². The molecule has 2 nitrogen and oxygen atoms in total. The number of benzene rings is 1. The van der Waals surface area contributed by atoms with Crippen LogP contribution >= 0.6 is 23.2 Å². The van der Waals surface area contributed by atoms with Gasteiger partial charge in [0.1, 0.15) is 4.84 Å². The molecule has 1 aromatic rings. The van der Waals surface area contributed by atoms with Crippen LogP contribution in [0.3, 0.4) is 0 Å². The summed E-state index contributed by atoms with van der Waals surface area (Å²) >= 11 is 11.7. The predicted octanol–water partition coefficient (Wildman–Crippen LogP) is 4.22. The lowest BCUT2D eigenvalue weighted by Crippen LogP contribution is -2.05. The highest BCUT2D eigenvalue weighted by atomic mass is 35.5. The van der Waals surface area contributed by atoms with Crippen LogP contribution in [0, 0.1) is 0 Å². The van der Waals surface area contributed by atoms with Crippen LogP contribution in [-0.4, -0.2) is 17.4 Å². The summed E-state index contributed by atoms with van der Waals surface area (Å²) in [4.78, 5) is 10.8.